The van der Waals surface area contributed by atoms with Gasteiger partial charge in [-0.05, 0) is 61.6 Å². The summed E-state index contributed by atoms with van der Waals surface area (Å²) in [6, 6.07) is 22.3. The SMILES string of the molecule is CN(C)CCOc1cccc(-c2cncc(-c3cc(NCc4cccc(O)c4C=O)nc(-c4ccccn4)n3)c2)c1. The number of hydrogen-bond acceptors (Lipinski definition) is 9. The van der Waals surface area contributed by atoms with E-state index in [1.54, 1.807) is 24.5 Å². The van der Waals surface area contributed by atoms with Crippen molar-refractivity contribution in [2.45, 2.75) is 6.54 Å². The van der Waals surface area contributed by atoms with Gasteiger partial charge < -0.3 is 20.1 Å². The van der Waals surface area contributed by atoms with Crippen molar-refractivity contribution < 1.29 is 14.6 Å². The molecule has 3 aromatic heterocycles. The number of aldehydes is 1. The average Bonchev–Trinajstić information content (AvgIpc) is 3.00. The summed E-state index contributed by atoms with van der Waals surface area (Å²) in [7, 11) is 4.03. The highest BCUT2D eigenvalue weighted by molar-refractivity contribution is 5.81. The maximum atomic E-state index is 11.5. The molecule has 5 aromatic rings. The molecule has 0 aliphatic carbocycles. The van der Waals surface area contributed by atoms with Crippen molar-refractivity contribution in [3.63, 3.8) is 0 Å². The van der Waals surface area contributed by atoms with Gasteiger partial charge in [0.1, 0.15) is 29.6 Å². The van der Waals surface area contributed by atoms with E-state index in [1.807, 2.05) is 74.9 Å². The van der Waals surface area contributed by atoms with Crippen LogP contribution in [0.5, 0.6) is 11.5 Å². The fourth-order valence-electron chi connectivity index (χ4n) is 4.22. The largest absolute Gasteiger partial charge is 0.507 e. The van der Waals surface area contributed by atoms with Crippen LogP contribution in [0.25, 0.3) is 33.9 Å². The topological polar surface area (TPSA) is 113 Å². The Morgan fingerprint density at radius 3 is 2.56 bits per heavy atom. The van der Waals surface area contributed by atoms with Crippen molar-refractivity contribution in [1.29, 1.82) is 0 Å². The number of anilines is 1. The fourth-order valence-corrected chi connectivity index (χ4v) is 4.22. The highest BCUT2D eigenvalue weighted by Gasteiger charge is 2.13. The zero-order valence-electron chi connectivity index (χ0n) is 22.9. The number of carbonyl (C=O) groups excluding carboxylic acids is 1. The summed E-state index contributed by atoms with van der Waals surface area (Å²) in [5, 5.41) is 13.3. The predicted molar refractivity (Wildman–Crippen MR) is 159 cm³/mol. The summed E-state index contributed by atoms with van der Waals surface area (Å²) in [5.74, 6) is 1.71. The Balaban J connectivity index is 1.47. The number of ether oxygens (including phenoxy) is 1. The number of nitrogens with one attached hydrogen (secondary N) is 1. The van der Waals surface area contributed by atoms with Crippen LogP contribution >= 0.6 is 0 Å². The van der Waals surface area contributed by atoms with Crippen LogP contribution in [0.1, 0.15) is 15.9 Å². The van der Waals surface area contributed by atoms with Gasteiger partial charge in [-0.25, -0.2) is 9.97 Å². The number of hydrogen-bond donors (Lipinski definition) is 2. The number of aromatic hydroxyl groups is 1. The van der Waals surface area contributed by atoms with E-state index in [-0.39, 0.29) is 17.9 Å². The van der Waals surface area contributed by atoms with E-state index in [0.29, 0.717) is 41.5 Å². The molecule has 9 nitrogen and oxygen atoms in total. The Kier molecular flexibility index (Phi) is 8.56. The Labute approximate surface area is 238 Å². The molecular weight excluding hydrogens is 516 g/mol. The minimum Gasteiger partial charge on any atom is -0.507 e. The average molecular weight is 547 g/mol. The van der Waals surface area contributed by atoms with Crippen molar-refractivity contribution in [2.24, 2.45) is 0 Å². The minimum absolute atomic E-state index is 0.0630. The number of phenols is 1. The molecule has 0 fully saturated rings. The predicted octanol–water partition coefficient (Wildman–Crippen LogP) is 5.34. The molecule has 0 saturated heterocycles. The Hall–Kier alpha value is -5.15. The zero-order chi connectivity index (χ0) is 28.6. The van der Waals surface area contributed by atoms with Crippen LogP contribution in [0.2, 0.25) is 0 Å². The van der Waals surface area contributed by atoms with E-state index in [2.05, 4.69) is 25.2 Å². The van der Waals surface area contributed by atoms with Crippen LogP contribution in [-0.4, -0.2) is 63.5 Å². The molecule has 0 atom stereocenters. The number of rotatable bonds is 11. The van der Waals surface area contributed by atoms with Gasteiger partial charge in [-0.2, -0.15) is 0 Å². The second-order valence-corrected chi connectivity index (χ2v) is 9.64. The van der Waals surface area contributed by atoms with Crippen molar-refractivity contribution >= 4 is 12.1 Å². The molecule has 2 aromatic carbocycles. The van der Waals surface area contributed by atoms with Crippen molar-refractivity contribution in [1.82, 2.24) is 24.8 Å². The van der Waals surface area contributed by atoms with Gasteiger partial charge in [0, 0.05) is 48.9 Å². The van der Waals surface area contributed by atoms with Gasteiger partial charge in [0.2, 0.25) is 0 Å². The highest BCUT2D eigenvalue weighted by Crippen LogP contribution is 2.29. The highest BCUT2D eigenvalue weighted by atomic mass is 16.5. The van der Waals surface area contributed by atoms with E-state index < -0.39 is 0 Å². The lowest BCUT2D eigenvalue weighted by Gasteiger charge is -2.13. The molecule has 0 radical (unpaired) electrons. The lowest BCUT2D eigenvalue weighted by molar-refractivity contribution is 0.112. The number of aromatic nitrogens is 4. The van der Waals surface area contributed by atoms with E-state index in [1.165, 1.54) is 6.07 Å². The second kappa shape index (κ2) is 12.8. The number of carbonyl (C=O) groups is 1. The molecule has 0 bridgehead atoms. The van der Waals surface area contributed by atoms with Crippen LogP contribution in [0, 0.1) is 0 Å². The van der Waals surface area contributed by atoms with Crippen LogP contribution < -0.4 is 10.1 Å². The molecule has 9 heteroatoms. The Morgan fingerprint density at radius 1 is 0.902 bits per heavy atom. The normalized spacial score (nSPS) is 10.9. The smallest absolute Gasteiger partial charge is 0.180 e. The van der Waals surface area contributed by atoms with Gasteiger partial charge in [-0.15, -0.1) is 0 Å². The third kappa shape index (κ3) is 6.90. The molecule has 5 rings (SSSR count). The summed E-state index contributed by atoms with van der Waals surface area (Å²) >= 11 is 0. The molecule has 0 aliphatic rings. The van der Waals surface area contributed by atoms with Gasteiger partial charge in [-0.3, -0.25) is 14.8 Å². The van der Waals surface area contributed by atoms with E-state index in [4.69, 9.17) is 9.72 Å². The van der Waals surface area contributed by atoms with Crippen LogP contribution in [0.3, 0.4) is 0 Å². The molecule has 0 saturated carbocycles. The summed E-state index contributed by atoms with van der Waals surface area (Å²) < 4.78 is 5.93. The lowest BCUT2D eigenvalue weighted by atomic mass is 10.0. The number of pyridine rings is 2. The van der Waals surface area contributed by atoms with Crippen LogP contribution in [0.4, 0.5) is 5.82 Å². The van der Waals surface area contributed by atoms with Crippen LogP contribution in [0.15, 0.2) is 91.4 Å². The molecule has 41 heavy (non-hydrogen) atoms. The number of benzene rings is 2. The second-order valence-electron chi connectivity index (χ2n) is 9.64. The zero-order valence-corrected chi connectivity index (χ0v) is 22.9. The van der Waals surface area contributed by atoms with Crippen molar-refractivity contribution in [2.75, 3.05) is 32.6 Å². The first kappa shape index (κ1) is 27.4. The molecule has 0 unspecified atom stereocenters. The molecule has 0 amide bonds. The van der Waals surface area contributed by atoms with Gasteiger partial charge in [-0.1, -0.05) is 30.3 Å². The summed E-state index contributed by atoms with van der Waals surface area (Å²) in [4.78, 5) is 32.0. The molecular formula is C32H30N6O3. The van der Waals surface area contributed by atoms with Crippen molar-refractivity contribution in [3.8, 4) is 45.4 Å². The minimum atomic E-state index is -0.0630. The summed E-state index contributed by atoms with van der Waals surface area (Å²) in [6.07, 6.45) is 5.91. The quantitative estimate of drug-likeness (QED) is 0.212. The third-order valence-corrected chi connectivity index (χ3v) is 6.38. The number of likely N-dealkylation sites (N-methyl/N-ethyl adjacent to an activating group) is 1. The first-order valence-corrected chi connectivity index (χ1v) is 13.1. The van der Waals surface area contributed by atoms with Gasteiger partial charge >= 0.3 is 0 Å². The molecule has 0 spiro atoms. The van der Waals surface area contributed by atoms with E-state index in [9.17, 15) is 9.90 Å². The summed E-state index contributed by atoms with van der Waals surface area (Å²) in [5.41, 5.74) is 4.86. The lowest BCUT2D eigenvalue weighted by Crippen LogP contribution is -2.19. The summed E-state index contributed by atoms with van der Waals surface area (Å²) in [6.45, 7) is 1.70. The van der Waals surface area contributed by atoms with E-state index >= 15 is 0 Å². The number of phenolic OH excluding ortho intramolecular Hbond substituents is 1. The monoisotopic (exact) mass is 546 g/mol. The van der Waals surface area contributed by atoms with E-state index in [0.717, 1.165) is 29.0 Å². The Bertz CT molecular complexity index is 1640. The standard InChI is InChI=1S/C32H30N6O3/c1-38(2)13-14-41-26-9-5-7-22(16-26)24-15-25(19-33-18-24)29-17-31(37-32(36-29)28-10-3-4-12-34-28)35-20-23-8-6-11-30(40)27(23)21-39/h3-12,15-19,21,40H,13-14,20H2,1-2H3,(H,35,36,37). The first-order chi connectivity index (χ1) is 20.0. The fraction of sp³-hybridized carbons (Fsp3) is 0.156. The van der Waals surface area contributed by atoms with Crippen molar-refractivity contribution in [3.05, 3.63) is 103 Å². The van der Waals surface area contributed by atoms with Gasteiger partial charge in [0.05, 0.1) is 11.3 Å². The maximum absolute atomic E-state index is 11.5. The van der Waals surface area contributed by atoms with Gasteiger partial charge in [0.15, 0.2) is 12.1 Å². The Morgan fingerprint density at radius 2 is 1.76 bits per heavy atom. The molecule has 206 valence electrons. The molecule has 3 heterocycles. The maximum Gasteiger partial charge on any atom is 0.180 e. The van der Waals surface area contributed by atoms with Crippen LogP contribution in [-0.2, 0) is 6.54 Å². The third-order valence-electron chi connectivity index (χ3n) is 6.38. The molecule has 2 N–H and O–H groups in total. The first-order valence-electron chi connectivity index (χ1n) is 13.1. The number of nitrogens with zero attached hydrogens (tertiary/aromatic N) is 5. The molecule has 0 aliphatic heterocycles. The van der Waals surface area contributed by atoms with Gasteiger partial charge in [0.25, 0.3) is 0 Å².